The summed E-state index contributed by atoms with van der Waals surface area (Å²) in [5.74, 6) is 0.696. The largest absolute Gasteiger partial charge is 0.490 e. The first kappa shape index (κ1) is 22.0. The van der Waals surface area contributed by atoms with E-state index < -0.39 is 5.60 Å². The quantitative estimate of drug-likeness (QED) is 0.708. The van der Waals surface area contributed by atoms with E-state index in [0.29, 0.717) is 11.8 Å². The summed E-state index contributed by atoms with van der Waals surface area (Å²) in [5.41, 5.74) is -0.0613. The number of hydrogen-bond acceptors (Lipinski definition) is 8. The van der Waals surface area contributed by atoms with E-state index in [1.165, 1.54) is 17.6 Å². The van der Waals surface area contributed by atoms with Crippen LogP contribution in [0.2, 0.25) is 0 Å². The highest BCUT2D eigenvalue weighted by molar-refractivity contribution is 7.09. The molecule has 3 saturated heterocycles. The molecule has 1 spiro atoms. The van der Waals surface area contributed by atoms with Crippen LogP contribution >= 0.6 is 11.5 Å². The Bertz CT molecular complexity index is 922. The fraction of sp³-hybridized carbons (Fsp3) is 0.652. The van der Waals surface area contributed by atoms with Crippen LogP contribution in [0.3, 0.4) is 0 Å². The van der Waals surface area contributed by atoms with Crippen LogP contribution in [-0.2, 0) is 4.74 Å². The summed E-state index contributed by atoms with van der Waals surface area (Å²) in [6.45, 7) is 8.09. The molecule has 32 heavy (non-hydrogen) atoms. The normalized spacial score (nSPS) is 24.1. The second kappa shape index (κ2) is 8.52. The molecule has 3 aliphatic heterocycles. The molecule has 0 radical (unpaired) electrons. The number of piperidine rings is 1. The van der Waals surface area contributed by atoms with E-state index in [1.54, 1.807) is 32.3 Å². The van der Waals surface area contributed by atoms with Gasteiger partial charge in [0.1, 0.15) is 30.1 Å². The zero-order chi connectivity index (χ0) is 22.3. The summed E-state index contributed by atoms with van der Waals surface area (Å²) in [5, 5.41) is 11.0. The summed E-state index contributed by atoms with van der Waals surface area (Å²) >= 11 is 1.43. The van der Waals surface area contributed by atoms with Crippen molar-refractivity contribution >= 4 is 16.7 Å². The number of anilines is 1. The third-order valence-electron chi connectivity index (χ3n) is 6.81. The van der Waals surface area contributed by atoms with Crippen LogP contribution in [0.4, 0.5) is 9.52 Å². The van der Waals surface area contributed by atoms with Crippen molar-refractivity contribution in [3.05, 3.63) is 35.9 Å². The van der Waals surface area contributed by atoms with Gasteiger partial charge in [0.15, 0.2) is 0 Å². The zero-order valence-corrected chi connectivity index (χ0v) is 19.5. The van der Waals surface area contributed by atoms with Gasteiger partial charge in [0.2, 0.25) is 5.13 Å². The summed E-state index contributed by atoms with van der Waals surface area (Å²) in [7, 11) is 0. The van der Waals surface area contributed by atoms with Crippen LogP contribution in [0.1, 0.15) is 44.6 Å². The first-order valence-electron chi connectivity index (χ1n) is 11.3. The number of nitrogens with zero attached hydrogens (tertiary/aromatic N) is 4. The maximum atomic E-state index is 14.0. The van der Waals surface area contributed by atoms with Gasteiger partial charge in [-0.2, -0.15) is 4.37 Å². The molecule has 9 heteroatoms. The Balaban J connectivity index is 1.16. The average molecular weight is 463 g/mol. The highest BCUT2D eigenvalue weighted by Gasteiger charge is 2.51. The van der Waals surface area contributed by atoms with E-state index in [-0.39, 0.29) is 23.9 Å². The number of aromatic nitrogens is 2. The number of benzene rings is 1. The zero-order valence-electron chi connectivity index (χ0n) is 18.7. The van der Waals surface area contributed by atoms with Crippen molar-refractivity contribution in [1.82, 2.24) is 14.3 Å². The number of likely N-dealkylation sites (tertiary alicyclic amines) is 1. The maximum Gasteiger partial charge on any atom is 0.205 e. The van der Waals surface area contributed by atoms with Gasteiger partial charge < -0.3 is 19.5 Å². The van der Waals surface area contributed by atoms with Gasteiger partial charge in [0.05, 0.1) is 25.3 Å². The fourth-order valence-electron chi connectivity index (χ4n) is 5.17. The highest BCUT2D eigenvalue weighted by Crippen LogP contribution is 2.41. The van der Waals surface area contributed by atoms with Gasteiger partial charge >= 0.3 is 0 Å². The number of rotatable bonds is 6. The van der Waals surface area contributed by atoms with Crippen molar-refractivity contribution in [3.8, 4) is 5.75 Å². The second-order valence-electron chi connectivity index (χ2n) is 10.0. The Kier molecular flexibility index (Phi) is 5.86. The van der Waals surface area contributed by atoms with Gasteiger partial charge in [-0.05, 0) is 70.3 Å². The van der Waals surface area contributed by atoms with Crippen LogP contribution in [0, 0.1) is 5.82 Å². The molecule has 3 aliphatic rings. The lowest BCUT2D eigenvalue weighted by atomic mass is 9.86. The van der Waals surface area contributed by atoms with Crippen molar-refractivity contribution in [2.24, 2.45) is 0 Å². The molecular weight excluding hydrogens is 431 g/mol. The summed E-state index contributed by atoms with van der Waals surface area (Å²) in [6, 6.07) is 5.16. The van der Waals surface area contributed by atoms with Crippen molar-refractivity contribution in [1.29, 1.82) is 0 Å². The summed E-state index contributed by atoms with van der Waals surface area (Å²) in [6.07, 6.45) is 4.57. The van der Waals surface area contributed by atoms with Crippen molar-refractivity contribution in [2.75, 3.05) is 44.3 Å². The maximum absolute atomic E-state index is 14.0. The van der Waals surface area contributed by atoms with Gasteiger partial charge in [-0.25, -0.2) is 9.37 Å². The van der Waals surface area contributed by atoms with Gasteiger partial charge in [-0.1, -0.05) is 0 Å². The summed E-state index contributed by atoms with van der Waals surface area (Å²) < 4.78 is 30.2. The number of ether oxygens (including phenoxy) is 2. The molecule has 0 aliphatic carbocycles. The Morgan fingerprint density at radius 3 is 2.78 bits per heavy atom. The van der Waals surface area contributed by atoms with Crippen LogP contribution in [0.5, 0.6) is 5.75 Å². The highest BCUT2D eigenvalue weighted by atomic mass is 32.1. The Labute approximate surface area is 192 Å². The topological polar surface area (TPSA) is 71.0 Å². The van der Waals surface area contributed by atoms with E-state index in [4.69, 9.17) is 9.47 Å². The van der Waals surface area contributed by atoms with E-state index in [0.717, 1.165) is 62.7 Å². The molecule has 2 aromatic rings. The third kappa shape index (κ3) is 4.62. The molecule has 174 valence electrons. The molecule has 0 saturated carbocycles. The predicted octanol–water partition coefficient (Wildman–Crippen LogP) is 3.05. The number of hydrogen-bond donors (Lipinski definition) is 1. The molecule has 4 heterocycles. The first-order valence-corrected chi connectivity index (χ1v) is 12.1. The minimum atomic E-state index is -0.930. The molecule has 0 amide bonds. The molecule has 0 bridgehead atoms. The molecule has 1 N–H and O–H groups in total. The monoisotopic (exact) mass is 462 g/mol. The second-order valence-corrected chi connectivity index (χ2v) is 10.8. The van der Waals surface area contributed by atoms with Gasteiger partial charge in [0, 0.05) is 23.1 Å². The smallest absolute Gasteiger partial charge is 0.205 e. The SMILES string of the molecule is CC(C)(O)COc1ccc(F)cc1C1CCN([C@@H]2COC3(C2)CN(c2ncns2)C3)CC1. The Hall–Kier alpha value is -1.81. The predicted molar refractivity (Wildman–Crippen MR) is 121 cm³/mol. The van der Waals surface area contributed by atoms with Crippen LogP contribution in [0.25, 0.3) is 0 Å². The number of aliphatic hydroxyl groups is 1. The van der Waals surface area contributed by atoms with Crippen molar-refractivity contribution in [2.45, 2.75) is 56.3 Å². The molecule has 7 nitrogen and oxygen atoms in total. The molecule has 1 aromatic heterocycles. The van der Waals surface area contributed by atoms with E-state index in [9.17, 15) is 9.50 Å². The van der Waals surface area contributed by atoms with E-state index in [1.807, 2.05) is 0 Å². The van der Waals surface area contributed by atoms with Crippen molar-refractivity contribution < 1.29 is 19.0 Å². The fourth-order valence-corrected chi connectivity index (χ4v) is 5.69. The minimum absolute atomic E-state index is 0.0478. The van der Waals surface area contributed by atoms with E-state index >= 15 is 0 Å². The van der Waals surface area contributed by atoms with Crippen LogP contribution < -0.4 is 9.64 Å². The van der Waals surface area contributed by atoms with Gasteiger partial charge in [-0.15, -0.1) is 0 Å². The standard InChI is InChI=1S/C23H31FN4O3S/c1-22(2,29)14-30-20-4-3-17(24)9-19(20)16-5-7-27(8-6-16)18-10-23(31-11-18)12-28(13-23)21-25-15-26-32-21/h3-4,9,15-16,18,29H,5-8,10-14H2,1-2H3/t18-/m0/s1. The van der Waals surface area contributed by atoms with Gasteiger partial charge in [-0.3, -0.25) is 4.90 Å². The Morgan fingerprint density at radius 1 is 1.31 bits per heavy atom. The molecule has 0 unspecified atom stereocenters. The molecular formula is C23H31FN4O3S. The lowest BCUT2D eigenvalue weighted by Crippen LogP contribution is -2.62. The van der Waals surface area contributed by atoms with Crippen molar-refractivity contribution in [3.63, 3.8) is 0 Å². The lowest BCUT2D eigenvalue weighted by molar-refractivity contribution is -0.0194. The van der Waals surface area contributed by atoms with E-state index in [2.05, 4.69) is 19.2 Å². The van der Waals surface area contributed by atoms with Gasteiger partial charge in [0.25, 0.3) is 0 Å². The average Bonchev–Trinajstić information content (AvgIpc) is 3.41. The summed E-state index contributed by atoms with van der Waals surface area (Å²) in [4.78, 5) is 9.07. The van der Waals surface area contributed by atoms with Crippen LogP contribution in [0.15, 0.2) is 24.5 Å². The minimum Gasteiger partial charge on any atom is -0.490 e. The first-order chi connectivity index (χ1) is 15.3. The third-order valence-corrected chi connectivity index (χ3v) is 7.53. The molecule has 5 rings (SSSR count). The molecule has 1 atom stereocenters. The Morgan fingerprint density at radius 2 is 2.09 bits per heavy atom. The molecule has 3 fully saturated rings. The number of halogens is 1. The molecule has 1 aromatic carbocycles. The lowest BCUT2D eigenvalue weighted by Gasteiger charge is -2.47. The van der Waals surface area contributed by atoms with Crippen LogP contribution in [-0.4, -0.2) is 76.0 Å².